The Kier molecular flexibility index (Phi) is 3.34. The summed E-state index contributed by atoms with van der Waals surface area (Å²) < 4.78 is 6.04. The molecule has 1 nitrogen and oxygen atoms in total. The van der Waals surface area contributed by atoms with Gasteiger partial charge in [-0.1, -0.05) is 51.1 Å². The monoisotopic (exact) mass is 246 g/mol. The van der Waals surface area contributed by atoms with Crippen molar-refractivity contribution in [2.24, 2.45) is 0 Å². The van der Waals surface area contributed by atoms with Crippen LogP contribution in [0, 0.1) is 6.92 Å². The Morgan fingerprint density at radius 1 is 1.06 bits per heavy atom. The third-order valence-electron chi connectivity index (χ3n) is 2.35. The normalized spacial score (nSPS) is 11.8. The van der Waals surface area contributed by atoms with Crippen LogP contribution in [0.15, 0.2) is 45.7 Å². The van der Waals surface area contributed by atoms with Gasteiger partial charge in [0.25, 0.3) is 0 Å². The van der Waals surface area contributed by atoms with Crippen LogP contribution in [-0.2, 0) is 0 Å². The van der Waals surface area contributed by atoms with Gasteiger partial charge in [-0.15, -0.1) is 11.8 Å². The minimum atomic E-state index is 0.211. The van der Waals surface area contributed by atoms with Crippen LogP contribution in [0.5, 0.6) is 0 Å². The highest BCUT2D eigenvalue weighted by Gasteiger charge is 2.17. The molecule has 0 radical (unpaired) electrons. The molecule has 2 heteroatoms. The second-order valence-electron chi connectivity index (χ2n) is 5.11. The molecular weight excluding hydrogens is 228 g/mol. The maximum atomic E-state index is 5.83. The highest BCUT2D eigenvalue weighted by Crippen LogP contribution is 2.38. The van der Waals surface area contributed by atoms with Gasteiger partial charge in [0.2, 0.25) is 0 Å². The van der Waals surface area contributed by atoms with Crippen molar-refractivity contribution in [1.29, 1.82) is 0 Å². The number of rotatable bonds is 2. The molecule has 0 unspecified atom stereocenters. The molecule has 0 fully saturated rings. The summed E-state index contributed by atoms with van der Waals surface area (Å²) in [5.41, 5.74) is 1.14. The van der Waals surface area contributed by atoms with E-state index in [1.54, 1.807) is 0 Å². The maximum Gasteiger partial charge on any atom is 0.135 e. The fourth-order valence-corrected chi connectivity index (χ4v) is 2.65. The fraction of sp³-hybridized carbons (Fsp3) is 0.333. The summed E-state index contributed by atoms with van der Waals surface area (Å²) in [7, 11) is 0. The molecule has 1 aromatic heterocycles. The van der Waals surface area contributed by atoms with E-state index in [-0.39, 0.29) is 4.75 Å². The summed E-state index contributed by atoms with van der Waals surface area (Å²) in [6.45, 7) is 8.67. The summed E-state index contributed by atoms with van der Waals surface area (Å²) in [5, 5.41) is 0. The molecule has 0 saturated heterocycles. The summed E-state index contributed by atoms with van der Waals surface area (Å²) in [6.07, 6.45) is 0. The van der Waals surface area contributed by atoms with Gasteiger partial charge >= 0.3 is 0 Å². The molecule has 17 heavy (non-hydrogen) atoms. The van der Waals surface area contributed by atoms with Crippen LogP contribution < -0.4 is 0 Å². The van der Waals surface area contributed by atoms with Crippen molar-refractivity contribution >= 4 is 11.8 Å². The van der Waals surface area contributed by atoms with Crippen LogP contribution in [0.25, 0.3) is 11.3 Å². The zero-order valence-corrected chi connectivity index (χ0v) is 11.6. The van der Waals surface area contributed by atoms with Crippen LogP contribution >= 0.6 is 11.8 Å². The first-order valence-corrected chi connectivity index (χ1v) is 6.62. The Bertz CT molecular complexity index is 491. The smallest absolute Gasteiger partial charge is 0.135 e. The lowest BCUT2D eigenvalue weighted by molar-refractivity contribution is 0.540. The Morgan fingerprint density at radius 2 is 1.71 bits per heavy atom. The fourth-order valence-electron chi connectivity index (χ4n) is 1.64. The van der Waals surface area contributed by atoms with Crippen molar-refractivity contribution in [2.75, 3.05) is 0 Å². The lowest BCUT2D eigenvalue weighted by atomic mass is 10.2. The van der Waals surface area contributed by atoms with Crippen LogP contribution in [0.4, 0.5) is 0 Å². The number of aryl methyl sites for hydroxylation is 1. The van der Waals surface area contributed by atoms with E-state index in [9.17, 15) is 0 Å². The molecule has 0 N–H and O–H groups in total. The first kappa shape index (κ1) is 12.3. The van der Waals surface area contributed by atoms with Gasteiger partial charge in [-0.25, -0.2) is 0 Å². The molecule has 1 aromatic carbocycles. The summed E-state index contributed by atoms with van der Waals surface area (Å²) in [6, 6.07) is 12.4. The van der Waals surface area contributed by atoms with Crippen molar-refractivity contribution in [1.82, 2.24) is 0 Å². The van der Waals surface area contributed by atoms with Gasteiger partial charge in [-0.2, -0.15) is 0 Å². The van der Waals surface area contributed by atoms with Crippen molar-refractivity contribution < 1.29 is 4.42 Å². The van der Waals surface area contributed by atoms with E-state index >= 15 is 0 Å². The number of thioether (sulfide) groups is 1. The quantitative estimate of drug-likeness (QED) is 0.680. The van der Waals surface area contributed by atoms with E-state index in [0.29, 0.717) is 0 Å². The highest BCUT2D eigenvalue weighted by atomic mass is 32.2. The average molecular weight is 246 g/mol. The van der Waals surface area contributed by atoms with Crippen LogP contribution in [0.2, 0.25) is 0 Å². The molecule has 0 aliphatic carbocycles. The topological polar surface area (TPSA) is 13.1 Å². The molecule has 2 rings (SSSR count). The minimum Gasteiger partial charge on any atom is -0.460 e. The van der Waals surface area contributed by atoms with E-state index < -0.39 is 0 Å². The molecule has 0 aliphatic heterocycles. The Labute approximate surface area is 107 Å². The van der Waals surface area contributed by atoms with Crippen LogP contribution in [-0.4, -0.2) is 4.75 Å². The second-order valence-corrected chi connectivity index (χ2v) is 6.98. The Hall–Kier alpha value is -1.15. The zero-order chi connectivity index (χ0) is 12.5. The molecule has 0 amide bonds. The van der Waals surface area contributed by atoms with E-state index in [1.807, 2.05) is 36.9 Å². The van der Waals surface area contributed by atoms with Gasteiger partial charge in [0.1, 0.15) is 11.5 Å². The van der Waals surface area contributed by atoms with E-state index in [1.165, 1.54) is 4.90 Å². The van der Waals surface area contributed by atoms with Crippen molar-refractivity contribution in [2.45, 2.75) is 37.3 Å². The first-order chi connectivity index (χ1) is 7.96. The van der Waals surface area contributed by atoms with Gasteiger partial charge < -0.3 is 4.42 Å². The van der Waals surface area contributed by atoms with Gasteiger partial charge in [-0.05, 0) is 13.0 Å². The van der Waals surface area contributed by atoms with Crippen molar-refractivity contribution in [3.05, 3.63) is 42.2 Å². The average Bonchev–Trinajstić information content (AvgIpc) is 2.59. The SMILES string of the molecule is Cc1oc(-c2ccccc2)cc1SC(C)(C)C. The minimum absolute atomic E-state index is 0.211. The molecule has 0 saturated carbocycles. The number of furan rings is 1. The van der Waals surface area contributed by atoms with Gasteiger partial charge in [0.05, 0.1) is 0 Å². The summed E-state index contributed by atoms with van der Waals surface area (Å²) in [4.78, 5) is 1.23. The van der Waals surface area contributed by atoms with Crippen molar-refractivity contribution in [3.63, 3.8) is 0 Å². The van der Waals surface area contributed by atoms with Crippen LogP contribution in [0.3, 0.4) is 0 Å². The molecule has 0 bridgehead atoms. The third-order valence-corrected chi connectivity index (χ3v) is 3.58. The van der Waals surface area contributed by atoms with Gasteiger partial charge in [0.15, 0.2) is 0 Å². The largest absolute Gasteiger partial charge is 0.460 e. The van der Waals surface area contributed by atoms with Gasteiger partial charge in [0, 0.05) is 15.2 Å². The molecule has 0 spiro atoms. The molecule has 0 atom stereocenters. The first-order valence-electron chi connectivity index (χ1n) is 5.80. The highest BCUT2D eigenvalue weighted by molar-refractivity contribution is 8.00. The van der Waals surface area contributed by atoms with E-state index in [4.69, 9.17) is 4.42 Å². The lowest BCUT2D eigenvalue weighted by Gasteiger charge is -2.16. The number of hydrogen-bond acceptors (Lipinski definition) is 2. The molecule has 0 aliphatic rings. The van der Waals surface area contributed by atoms with Crippen LogP contribution in [0.1, 0.15) is 26.5 Å². The van der Waals surface area contributed by atoms with Gasteiger partial charge in [-0.3, -0.25) is 0 Å². The van der Waals surface area contributed by atoms with Crippen molar-refractivity contribution in [3.8, 4) is 11.3 Å². The van der Waals surface area contributed by atoms with E-state index in [0.717, 1.165) is 17.1 Å². The predicted molar refractivity (Wildman–Crippen MR) is 74.5 cm³/mol. The lowest BCUT2D eigenvalue weighted by Crippen LogP contribution is -2.06. The molecule has 2 aromatic rings. The molecular formula is C15H18OS. The second kappa shape index (κ2) is 4.61. The number of hydrogen-bond donors (Lipinski definition) is 0. The number of benzene rings is 1. The zero-order valence-electron chi connectivity index (χ0n) is 10.8. The molecule has 1 heterocycles. The predicted octanol–water partition coefficient (Wildman–Crippen LogP) is 5.15. The Morgan fingerprint density at radius 3 is 2.29 bits per heavy atom. The van der Waals surface area contributed by atoms with E-state index in [2.05, 4.69) is 39.0 Å². The summed E-state index contributed by atoms with van der Waals surface area (Å²) >= 11 is 1.85. The molecule has 90 valence electrons. The standard InChI is InChI=1S/C15H18OS/c1-11-14(17-15(2,3)4)10-13(16-11)12-8-6-5-7-9-12/h5-10H,1-4H3. The summed E-state index contributed by atoms with van der Waals surface area (Å²) in [5.74, 6) is 1.96. The Balaban J connectivity index is 2.31. The third kappa shape index (κ3) is 3.16. The maximum absolute atomic E-state index is 5.83.